The molecule has 1 rings (SSSR count). The molecule has 0 spiro atoms. The van der Waals surface area contributed by atoms with Gasteiger partial charge in [0.15, 0.2) is 0 Å². The molecular formula is C10H11BrINO2. The first-order chi connectivity index (χ1) is 6.93. The van der Waals surface area contributed by atoms with Gasteiger partial charge in [0, 0.05) is 13.7 Å². The molecule has 0 radical (unpaired) electrons. The fourth-order valence-corrected chi connectivity index (χ4v) is 2.09. The lowest BCUT2D eigenvalue weighted by Crippen LogP contribution is -2.15. The summed E-state index contributed by atoms with van der Waals surface area (Å²) in [6, 6.07) is 3.49. The molecule has 3 nitrogen and oxygen atoms in total. The van der Waals surface area contributed by atoms with E-state index in [0.29, 0.717) is 11.3 Å². The number of rotatable bonds is 2. The Balaban J connectivity index is 3.13. The predicted molar refractivity (Wildman–Crippen MR) is 71.8 cm³/mol. The molecule has 0 aliphatic carbocycles. The van der Waals surface area contributed by atoms with Gasteiger partial charge in [-0.3, -0.25) is 0 Å². The quantitative estimate of drug-likeness (QED) is 0.484. The molecule has 1 aromatic carbocycles. The fourth-order valence-electron chi connectivity index (χ4n) is 1.05. The van der Waals surface area contributed by atoms with Crippen molar-refractivity contribution in [3.05, 3.63) is 25.7 Å². The Bertz CT molecular complexity index is 393. The minimum Gasteiger partial charge on any atom is -0.459 e. The van der Waals surface area contributed by atoms with Gasteiger partial charge in [-0.25, -0.2) is 4.79 Å². The second-order valence-electron chi connectivity index (χ2n) is 3.28. The van der Waals surface area contributed by atoms with Gasteiger partial charge < -0.3 is 10.5 Å². The smallest absolute Gasteiger partial charge is 0.341 e. The average molecular weight is 384 g/mol. The van der Waals surface area contributed by atoms with Crippen molar-refractivity contribution in [2.45, 2.75) is 20.0 Å². The Kier molecular flexibility index (Phi) is 4.39. The van der Waals surface area contributed by atoms with Crippen LogP contribution in [0.3, 0.4) is 0 Å². The van der Waals surface area contributed by atoms with Crippen LogP contribution in [0.25, 0.3) is 0 Å². The molecule has 15 heavy (non-hydrogen) atoms. The number of carbonyl (C=O) groups is 1. The third kappa shape index (κ3) is 3.07. The van der Waals surface area contributed by atoms with Crippen molar-refractivity contribution < 1.29 is 9.53 Å². The Morgan fingerprint density at radius 3 is 2.67 bits per heavy atom. The minimum atomic E-state index is -0.381. The van der Waals surface area contributed by atoms with E-state index in [1.54, 1.807) is 19.9 Å². The first kappa shape index (κ1) is 12.8. The molecule has 0 fully saturated rings. The highest BCUT2D eigenvalue weighted by molar-refractivity contribution is 14.1. The van der Waals surface area contributed by atoms with Crippen LogP contribution in [-0.2, 0) is 4.74 Å². The molecule has 0 aliphatic rings. The van der Waals surface area contributed by atoms with Crippen molar-refractivity contribution >= 4 is 50.2 Å². The Hall–Kier alpha value is -0.300. The Labute approximate surface area is 111 Å². The van der Waals surface area contributed by atoms with E-state index in [-0.39, 0.29) is 12.1 Å². The summed E-state index contributed by atoms with van der Waals surface area (Å²) in [5, 5.41) is 0. The highest BCUT2D eigenvalue weighted by Crippen LogP contribution is 2.28. The molecule has 0 unspecified atom stereocenters. The van der Waals surface area contributed by atoms with E-state index in [2.05, 4.69) is 38.5 Å². The van der Waals surface area contributed by atoms with Crippen molar-refractivity contribution in [1.82, 2.24) is 0 Å². The maximum absolute atomic E-state index is 11.7. The summed E-state index contributed by atoms with van der Waals surface area (Å²) in [7, 11) is 0. The number of halogens is 2. The van der Waals surface area contributed by atoms with Crippen LogP contribution in [0.15, 0.2) is 16.6 Å². The van der Waals surface area contributed by atoms with E-state index < -0.39 is 0 Å². The molecule has 0 amide bonds. The second-order valence-corrected chi connectivity index (χ2v) is 5.21. The lowest BCUT2D eigenvalue weighted by molar-refractivity contribution is 0.0378. The maximum atomic E-state index is 11.7. The Morgan fingerprint density at radius 1 is 1.53 bits per heavy atom. The number of nitrogens with two attached hydrogens (primary N) is 1. The van der Waals surface area contributed by atoms with Crippen LogP contribution in [-0.4, -0.2) is 12.1 Å². The van der Waals surface area contributed by atoms with Gasteiger partial charge in [-0.15, -0.1) is 0 Å². The molecule has 0 aliphatic heterocycles. The number of esters is 1. The minimum absolute atomic E-state index is 0.147. The molecule has 1 aromatic rings. The van der Waals surface area contributed by atoms with Crippen LogP contribution in [0, 0.1) is 3.57 Å². The second kappa shape index (κ2) is 5.16. The van der Waals surface area contributed by atoms with Crippen molar-refractivity contribution in [2.75, 3.05) is 5.73 Å². The standard InChI is InChI=1S/C10H11BrINO2/c1-5(2)15-10(14)8-7(13)4-3-6(11)9(8)12/h3-5H,13H2,1-2H3. The van der Waals surface area contributed by atoms with Crippen molar-refractivity contribution in [3.8, 4) is 0 Å². The van der Waals surface area contributed by atoms with Gasteiger partial charge in [0.2, 0.25) is 0 Å². The van der Waals surface area contributed by atoms with Crippen LogP contribution < -0.4 is 5.73 Å². The summed E-state index contributed by atoms with van der Waals surface area (Å²) in [6.45, 7) is 3.61. The van der Waals surface area contributed by atoms with Crippen LogP contribution in [0.5, 0.6) is 0 Å². The highest BCUT2D eigenvalue weighted by Gasteiger charge is 2.18. The predicted octanol–water partition coefficient (Wildman–Crippen LogP) is 3.20. The molecule has 0 heterocycles. The van der Waals surface area contributed by atoms with Crippen LogP contribution >= 0.6 is 38.5 Å². The number of hydrogen-bond donors (Lipinski definition) is 1. The van der Waals surface area contributed by atoms with E-state index >= 15 is 0 Å². The van der Waals surface area contributed by atoms with Crippen LogP contribution in [0.1, 0.15) is 24.2 Å². The van der Waals surface area contributed by atoms with Crippen LogP contribution in [0.4, 0.5) is 5.69 Å². The summed E-state index contributed by atoms with van der Waals surface area (Å²) in [5.41, 5.74) is 6.61. The van der Waals surface area contributed by atoms with Gasteiger partial charge in [-0.2, -0.15) is 0 Å². The summed E-state index contributed by atoms with van der Waals surface area (Å²) in [5.74, 6) is -0.381. The topological polar surface area (TPSA) is 52.3 Å². The number of anilines is 1. The van der Waals surface area contributed by atoms with Gasteiger partial charge in [0.05, 0.1) is 11.7 Å². The third-order valence-electron chi connectivity index (χ3n) is 1.67. The molecule has 0 atom stereocenters. The first-order valence-electron chi connectivity index (χ1n) is 4.38. The Morgan fingerprint density at radius 2 is 2.13 bits per heavy atom. The number of hydrogen-bond acceptors (Lipinski definition) is 3. The molecule has 0 saturated carbocycles. The largest absolute Gasteiger partial charge is 0.459 e. The summed E-state index contributed by atoms with van der Waals surface area (Å²) < 4.78 is 6.73. The zero-order valence-electron chi connectivity index (χ0n) is 8.38. The maximum Gasteiger partial charge on any atom is 0.341 e. The molecule has 0 bridgehead atoms. The third-order valence-corrected chi connectivity index (χ3v) is 4.20. The monoisotopic (exact) mass is 383 g/mol. The summed E-state index contributed by atoms with van der Waals surface area (Å²) in [6.07, 6.45) is -0.147. The number of ether oxygens (including phenoxy) is 1. The summed E-state index contributed by atoms with van der Waals surface area (Å²) in [4.78, 5) is 11.7. The molecule has 5 heteroatoms. The highest BCUT2D eigenvalue weighted by atomic mass is 127. The molecular weight excluding hydrogens is 373 g/mol. The zero-order valence-corrected chi connectivity index (χ0v) is 12.1. The first-order valence-corrected chi connectivity index (χ1v) is 6.25. The van der Waals surface area contributed by atoms with E-state index in [0.717, 1.165) is 8.04 Å². The van der Waals surface area contributed by atoms with Crippen molar-refractivity contribution in [2.24, 2.45) is 0 Å². The van der Waals surface area contributed by atoms with Gasteiger partial charge in [-0.05, 0) is 64.5 Å². The van der Waals surface area contributed by atoms with E-state index in [1.807, 2.05) is 6.07 Å². The van der Waals surface area contributed by atoms with Gasteiger partial charge >= 0.3 is 5.97 Å². The van der Waals surface area contributed by atoms with E-state index in [9.17, 15) is 4.79 Å². The zero-order chi connectivity index (χ0) is 11.6. The fraction of sp³-hybridized carbons (Fsp3) is 0.300. The molecule has 0 aromatic heterocycles. The average Bonchev–Trinajstić information content (AvgIpc) is 2.11. The molecule has 82 valence electrons. The van der Waals surface area contributed by atoms with Crippen molar-refractivity contribution in [3.63, 3.8) is 0 Å². The summed E-state index contributed by atoms with van der Waals surface area (Å²) >= 11 is 5.41. The van der Waals surface area contributed by atoms with E-state index in [1.165, 1.54) is 0 Å². The van der Waals surface area contributed by atoms with Gasteiger partial charge in [0.1, 0.15) is 0 Å². The lowest BCUT2D eigenvalue weighted by atomic mass is 10.2. The van der Waals surface area contributed by atoms with E-state index in [4.69, 9.17) is 10.5 Å². The number of carbonyl (C=O) groups excluding carboxylic acids is 1. The number of nitrogen functional groups attached to an aromatic ring is 1. The lowest BCUT2D eigenvalue weighted by Gasteiger charge is -2.11. The molecule has 2 N–H and O–H groups in total. The SMILES string of the molecule is CC(C)OC(=O)c1c(N)ccc(Br)c1I. The van der Waals surface area contributed by atoms with Crippen molar-refractivity contribution in [1.29, 1.82) is 0 Å². The van der Waals surface area contributed by atoms with Gasteiger partial charge in [-0.1, -0.05) is 0 Å². The normalized spacial score (nSPS) is 10.5. The molecule has 0 saturated heterocycles. The number of benzene rings is 1. The van der Waals surface area contributed by atoms with Gasteiger partial charge in [0.25, 0.3) is 0 Å². The van der Waals surface area contributed by atoms with Crippen LogP contribution in [0.2, 0.25) is 0 Å².